The first kappa shape index (κ1) is 12.7. The SMILES string of the molecule is C#CCCCNS(=O)(=O)c1cccc(F)c1. The molecule has 1 aromatic rings. The second-order valence-electron chi connectivity index (χ2n) is 3.16. The van der Waals surface area contributed by atoms with Gasteiger partial charge in [-0.1, -0.05) is 6.07 Å². The molecule has 0 fully saturated rings. The molecule has 0 aliphatic carbocycles. The molecule has 0 heterocycles. The van der Waals surface area contributed by atoms with Gasteiger partial charge in [-0.25, -0.2) is 17.5 Å². The zero-order valence-electron chi connectivity index (χ0n) is 8.61. The molecule has 1 rings (SSSR count). The van der Waals surface area contributed by atoms with Crippen LogP contribution >= 0.6 is 0 Å². The molecule has 0 saturated heterocycles. The van der Waals surface area contributed by atoms with Gasteiger partial charge in [0.05, 0.1) is 4.90 Å². The Morgan fingerprint density at radius 3 is 2.81 bits per heavy atom. The average Bonchev–Trinajstić information content (AvgIpc) is 2.24. The van der Waals surface area contributed by atoms with Gasteiger partial charge in [-0.3, -0.25) is 0 Å². The van der Waals surface area contributed by atoms with Crippen molar-refractivity contribution in [1.82, 2.24) is 4.72 Å². The molecule has 0 aliphatic rings. The third-order valence-corrected chi connectivity index (χ3v) is 3.36. The van der Waals surface area contributed by atoms with E-state index >= 15 is 0 Å². The Balaban J connectivity index is 2.68. The van der Waals surface area contributed by atoms with E-state index < -0.39 is 15.8 Å². The standard InChI is InChI=1S/C11H12FNO2S/c1-2-3-4-8-13-16(14,15)11-7-5-6-10(12)9-11/h1,5-7,9,13H,3-4,8H2. The van der Waals surface area contributed by atoms with Crippen LogP contribution in [0.5, 0.6) is 0 Å². The summed E-state index contributed by atoms with van der Waals surface area (Å²) in [5.41, 5.74) is 0. The minimum atomic E-state index is -3.62. The van der Waals surface area contributed by atoms with E-state index in [-0.39, 0.29) is 11.4 Å². The van der Waals surface area contributed by atoms with Crippen molar-refractivity contribution >= 4 is 10.0 Å². The minimum Gasteiger partial charge on any atom is -0.211 e. The van der Waals surface area contributed by atoms with Crippen LogP contribution in [0, 0.1) is 18.2 Å². The van der Waals surface area contributed by atoms with Crippen LogP contribution in [0.1, 0.15) is 12.8 Å². The molecule has 86 valence electrons. The fourth-order valence-electron chi connectivity index (χ4n) is 1.11. The number of hydrogen-bond acceptors (Lipinski definition) is 2. The third-order valence-electron chi connectivity index (χ3n) is 1.90. The monoisotopic (exact) mass is 241 g/mol. The lowest BCUT2D eigenvalue weighted by atomic mass is 10.3. The third kappa shape index (κ3) is 3.65. The van der Waals surface area contributed by atoms with Crippen LogP contribution in [0.15, 0.2) is 29.2 Å². The molecule has 0 atom stereocenters. The molecule has 0 aromatic heterocycles. The maximum atomic E-state index is 12.8. The predicted molar refractivity (Wildman–Crippen MR) is 59.7 cm³/mol. The highest BCUT2D eigenvalue weighted by molar-refractivity contribution is 7.89. The van der Waals surface area contributed by atoms with Crippen LogP contribution < -0.4 is 4.72 Å². The van der Waals surface area contributed by atoms with Gasteiger partial charge in [0.1, 0.15) is 5.82 Å². The number of halogens is 1. The molecule has 1 N–H and O–H groups in total. The number of benzene rings is 1. The number of sulfonamides is 1. The molecule has 1 aromatic carbocycles. The summed E-state index contributed by atoms with van der Waals surface area (Å²) < 4.78 is 38.4. The van der Waals surface area contributed by atoms with E-state index in [2.05, 4.69) is 10.6 Å². The Bertz CT molecular complexity index is 491. The molecule has 5 heteroatoms. The molecule has 0 aliphatic heterocycles. The predicted octanol–water partition coefficient (Wildman–Crippen LogP) is 1.52. The van der Waals surface area contributed by atoms with E-state index in [9.17, 15) is 12.8 Å². The zero-order chi connectivity index (χ0) is 12.0. The van der Waals surface area contributed by atoms with Crippen molar-refractivity contribution in [3.8, 4) is 12.3 Å². The first-order chi connectivity index (χ1) is 7.56. The molecule has 0 radical (unpaired) electrons. The molecule has 0 bridgehead atoms. The van der Waals surface area contributed by atoms with Crippen molar-refractivity contribution in [2.45, 2.75) is 17.7 Å². The summed E-state index contributed by atoms with van der Waals surface area (Å²) in [5.74, 6) is 1.83. The van der Waals surface area contributed by atoms with E-state index in [1.165, 1.54) is 18.2 Å². The van der Waals surface area contributed by atoms with Crippen molar-refractivity contribution < 1.29 is 12.8 Å². The van der Waals surface area contributed by atoms with Gasteiger partial charge >= 0.3 is 0 Å². The summed E-state index contributed by atoms with van der Waals surface area (Å²) in [6, 6.07) is 4.86. The highest BCUT2D eigenvalue weighted by Crippen LogP contribution is 2.09. The highest BCUT2D eigenvalue weighted by Gasteiger charge is 2.13. The normalized spacial score (nSPS) is 11.0. The lowest BCUT2D eigenvalue weighted by molar-refractivity contribution is 0.576. The van der Waals surface area contributed by atoms with E-state index in [1.54, 1.807) is 0 Å². The average molecular weight is 241 g/mol. The number of rotatable bonds is 5. The number of nitrogens with one attached hydrogen (secondary N) is 1. The van der Waals surface area contributed by atoms with Crippen molar-refractivity contribution in [2.75, 3.05) is 6.54 Å². The first-order valence-corrected chi connectivity index (χ1v) is 6.23. The van der Waals surface area contributed by atoms with Gasteiger partial charge in [0.15, 0.2) is 0 Å². The Kier molecular flexibility index (Phi) is 4.47. The molecule has 0 amide bonds. The second kappa shape index (κ2) is 5.64. The zero-order valence-corrected chi connectivity index (χ0v) is 9.43. The molecule has 0 spiro atoms. The Hall–Kier alpha value is -1.38. The van der Waals surface area contributed by atoms with Gasteiger partial charge in [0.2, 0.25) is 10.0 Å². The Labute approximate surface area is 94.7 Å². The van der Waals surface area contributed by atoms with Crippen LogP contribution in [-0.4, -0.2) is 15.0 Å². The summed E-state index contributed by atoms with van der Waals surface area (Å²) in [7, 11) is -3.62. The number of terminal acetylenes is 1. The second-order valence-corrected chi connectivity index (χ2v) is 4.93. The van der Waals surface area contributed by atoms with Gasteiger partial charge in [0, 0.05) is 13.0 Å². The molecule has 3 nitrogen and oxygen atoms in total. The van der Waals surface area contributed by atoms with Crippen LogP contribution in [0.3, 0.4) is 0 Å². The molecular weight excluding hydrogens is 229 g/mol. The van der Waals surface area contributed by atoms with Crippen molar-refractivity contribution in [2.24, 2.45) is 0 Å². The van der Waals surface area contributed by atoms with Gasteiger partial charge in [-0.15, -0.1) is 12.3 Å². The first-order valence-electron chi connectivity index (χ1n) is 4.75. The minimum absolute atomic E-state index is 0.0757. The van der Waals surface area contributed by atoms with Crippen LogP contribution in [-0.2, 0) is 10.0 Å². The van der Waals surface area contributed by atoms with Crippen LogP contribution in [0.2, 0.25) is 0 Å². The lowest BCUT2D eigenvalue weighted by Crippen LogP contribution is -2.24. The van der Waals surface area contributed by atoms with Crippen LogP contribution in [0.25, 0.3) is 0 Å². The molecule has 0 unspecified atom stereocenters. The summed E-state index contributed by atoms with van der Waals surface area (Å²) in [6.07, 6.45) is 6.10. The largest absolute Gasteiger partial charge is 0.240 e. The van der Waals surface area contributed by atoms with E-state index in [1.807, 2.05) is 0 Å². The van der Waals surface area contributed by atoms with Gasteiger partial charge < -0.3 is 0 Å². The van der Waals surface area contributed by atoms with Crippen molar-refractivity contribution in [1.29, 1.82) is 0 Å². The highest BCUT2D eigenvalue weighted by atomic mass is 32.2. The summed E-state index contributed by atoms with van der Waals surface area (Å²) in [6.45, 7) is 0.253. The maximum absolute atomic E-state index is 12.8. The van der Waals surface area contributed by atoms with Crippen molar-refractivity contribution in [3.63, 3.8) is 0 Å². The van der Waals surface area contributed by atoms with Gasteiger partial charge in [-0.05, 0) is 24.6 Å². The summed E-state index contributed by atoms with van der Waals surface area (Å²) in [5, 5.41) is 0. The topological polar surface area (TPSA) is 46.2 Å². The fraction of sp³-hybridized carbons (Fsp3) is 0.273. The lowest BCUT2D eigenvalue weighted by Gasteiger charge is -2.05. The summed E-state index contributed by atoms with van der Waals surface area (Å²) >= 11 is 0. The van der Waals surface area contributed by atoms with Gasteiger partial charge in [0.25, 0.3) is 0 Å². The smallest absolute Gasteiger partial charge is 0.211 e. The number of hydrogen-bond donors (Lipinski definition) is 1. The molecule has 16 heavy (non-hydrogen) atoms. The van der Waals surface area contributed by atoms with E-state index in [0.29, 0.717) is 12.8 Å². The van der Waals surface area contributed by atoms with Gasteiger partial charge in [-0.2, -0.15) is 0 Å². The number of unbranched alkanes of at least 4 members (excludes halogenated alkanes) is 1. The fourth-order valence-corrected chi connectivity index (χ4v) is 2.22. The molecule has 0 saturated carbocycles. The Morgan fingerprint density at radius 2 is 2.19 bits per heavy atom. The van der Waals surface area contributed by atoms with Crippen molar-refractivity contribution in [3.05, 3.63) is 30.1 Å². The Morgan fingerprint density at radius 1 is 1.44 bits per heavy atom. The van der Waals surface area contributed by atoms with E-state index in [4.69, 9.17) is 6.42 Å². The van der Waals surface area contributed by atoms with Crippen LogP contribution in [0.4, 0.5) is 4.39 Å². The van der Waals surface area contributed by atoms with E-state index in [0.717, 1.165) is 6.07 Å². The quantitative estimate of drug-likeness (QED) is 0.627. The molecular formula is C11H12FNO2S. The maximum Gasteiger partial charge on any atom is 0.240 e. The summed E-state index contributed by atoms with van der Waals surface area (Å²) in [4.78, 5) is -0.0757.